The first-order valence-corrected chi connectivity index (χ1v) is 12.1. The average molecular weight is 443 g/mol. The van der Waals surface area contributed by atoms with Gasteiger partial charge < -0.3 is 25.2 Å². The number of hydrogen-bond donors (Lipinski definition) is 3. The third kappa shape index (κ3) is 11.0. The van der Waals surface area contributed by atoms with E-state index in [9.17, 15) is 9.90 Å². The molecule has 4 atom stereocenters. The van der Waals surface area contributed by atoms with Crippen LogP contribution in [0.15, 0.2) is 0 Å². The first-order valence-electron chi connectivity index (χ1n) is 12.1. The molecule has 2 fully saturated rings. The first-order chi connectivity index (χ1) is 14.0. The van der Waals surface area contributed by atoms with Crippen LogP contribution in [0.4, 0.5) is 4.79 Å². The van der Waals surface area contributed by atoms with E-state index in [1.165, 1.54) is 6.42 Å². The van der Waals surface area contributed by atoms with E-state index >= 15 is 0 Å². The largest absolute Gasteiger partial charge is 0.444 e. The highest BCUT2D eigenvalue weighted by Crippen LogP contribution is 2.36. The quantitative estimate of drug-likeness (QED) is 0.554. The van der Waals surface area contributed by atoms with Crippen molar-refractivity contribution in [3.05, 3.63) is 0 Å². The van der Waals surface area contributed by atoms with E-state index in [1.54, 1.807) is 0 Å². The Morgan fingerprint density at radius 2 is 1.55 bits per heavy atom. The lowest BCUT2D eigenvalue weighted by atomic mass is 9.93. The van der Waals surface area contributed by atoms with Crippen LogP contribution >= 0.6 is 0 Å². The van der Waals surface area contributed by atoms with E-state index in [2.05, 4.69) is 33.0 Å². The number of aliphatic hydroxyl groups excluding tert-OH is 2. The van der Waals surface area contributed by atoms with Gasteiger partial charge in [-0.2, -0.15) is 0 Å². The van der Waals surface area contributed by atoms with Gasteiger partial charge in [0.15, 0.2) is 0 Å². The maximum absolute atomic E-state index is 12.2. The van der Waals surface area contributed by atoms with Crippen LogP contribution in [-0.4, -0.2) is 63.2 Å². The molecule has 6 heteroatoms. The number of amides is 1. The molecule has 2 rings (SSSR count). The number of aliphatic hydroxyl groups is 2. The molecule has 0 aliphatic carbocycles. The predicted octanol–water partition coefficient (Wildman–Crippen LogP) is 4.72. The third-order valence-corrected chi connectivity index (χ3v) is 6.23. The van der Waals surface area contributed by atoms with Gasteiger partial charge >= 0.3 is 6.09 Å². The zero-order chi connectivity index (χ0) is 24.0. The summed E-state index contributed by atoms with van der Waals surface area (Å²) < 4.78 is 5.47. The molecule has 0 aromatic heterocycles. The van der Waals surface area contributed by atoms with Crippen molar-refractivity contribution in [2.45, 2.75) is 130 Å². The van der Waals surface area contributed by atoms with Gasteiger partial charge in [0.25, 0.3) is 0 Å². The topological polar surface area (TPSA) is 82.0 Å². The lowest BCUT2D eigenvalue weighted by molar-refractivity contribution is 0.0130. The molecule has 2 aliphatic heterocycles. The molecule has 184 valence electrons. The molecule has 2 saturated heterocycles. The first kappa shape index (κ1) is 28.2. The molecule has 6 nitrogen and oxygen atoms in total. The zero-order valence-corrected chi connectivity index (χ0v) is 21.6. The van der Waals surface area contributed by atoms with Gasteiger partial charge in [0, 0.05) is 17.6 Å². The Morgan fingerprint density at radius 3 is 1.97 bits per heavy atom. The number of rotatable bonds is 6. The van der Waals surface area contributed by atoms with Gasteiger partial charge in [0.2, 0.25) is 0 Å². The monoisotopic (exact) mass is 442 g/mol. The summed E-state index contributed by atoms with van der Waals surface area (Å²) >= 11 is 0. The van der Waals surface area contributed by atoms with Crippen LogP contribution in [0.3, 0.4) is 0 Å². The Hall–Kier alpha value is -0.850. The van der Waals surface area contributed by atoms with Crippen molar-refractivity contribution in [2.75, 3.05) is 13.1 Å². The lowest BCUT2D eigenvalue weighted by Crippen LogP contribution is -2.45. The highest BCUT2D eigenvalue weighted by atomic mass is 16.6. The van der Waals surface area contributed by atoms with Gasteiger partial charge in [-0.05, 0) is 119 Å². The van der Waals surface area contributed by atoms with E-state index in [1.807, 2.05) is 39.5 Å². The molecule has 2 aliphatic rings. The van der Waals surface area contributed by atoms with Crippen LogP contribution in [0.25, 0.3) is 0 Å². The maximum Gasteiger partial charge on any atom is 0.410 e. The van der Waals surface area contributed by atoms with Crippen molar-refractivity contribution in [2.24, 2.45) is 11.8 Å². The number of carbonyl (C=O) groups is 1. The number of nitrogens with zero attached hydrogens (tertiary/aromatic N) is 1. The van der Waals surface area contributed by atoms with Crippen molar-refractivity contribution >= 4 is 6.09 Å². The molecule has 0 aromatic rings. The van der Waals surface area contributed by atoms with Gasteiger partial charge in [-0.3, -0.25) is 0 Å². The lowest BCUT2D eigenvalue weighted by Gasteiger charge is -2.33. The minimum atomic E-state index is -0.454. The van der Waals surface area contributed by atoms with Gasteiger partial charge in [0.05, 0.1) is 12.2 Å². The van der Waals surface area contributed by atoms with Gasteiger partial charge in [-0.25, -0.2) is 4.79 Å². The summed E-state index contributed by atoms with van der Waals surface area (Å²) in [4.78, 5) is 14.1. The fraction of sp³-hybridized carbons (Fsp3) is 0.960. The number of hydrogen-bond acceptors (Lipinski definition) is 5. The summed E-state index contributed by atoms with van der Waals surface area (Å²) in [7, 11) is 0. The second kappa shape index (κ2) is 11.3. The molecule has 31 heavy (non-hydrogen) atoms. The van der Waals surface area contributed by atoms with Crippen molar-refractivity contribution in [1.82, 2.24) is 10.2 Å². The van der Waals surface area contributed by atoms with Crippen molar-refractivity contribution < 1.29 is 19.7 Å². The summed E-state index contributed by atoms with van der Waals surface area (Å²) in [5.74, 6) is 1.23. The molecular weight excluding hydrogens is 392 g/mol. The Kier molecular flexibility index (Phi) is 10.3. The van der Waals surface area contributed by atoms with E-state index in [0.717, 1.165) is 51.1 Å². The molecule has 4 unspecified atom stereocenters. The molecule has 0 aromatic carbocycles. The highest BCUT2D eigenvalue weighted by Gasteiger charge is 2.42. The zero-order valence-electron chi connectivity index (χ0n) is 21.6. The van der Waals surface area contributed by atoms with Gasteiger partial charge in [-0.1, -0.05) is 0 Å². The minimum Gasteiger partial charge on any atom is -0.444 e. The fourth-order valence-corrected chi connectivity index (χ4v) is 4.66. The summed E-state index contributed by atoms with van der Waals surface area (Å²) in [5, 5.41) is 22.0. The van der Waals surface area contributed by atoms with Crippen molar-refractivity contribution in [3.63, 3.8) is 0 Å². The van der Waals surface area contributed by atoms with Crippen LogP contribution in [0, 0.1) is 11.8 Å². The van der Waals surface area contributed by atoms with Gasteiger partial charge in [-0.15, -0.1) is 0 Å². The Balaban J connectivity index is 0.000000343. The van der Waals surface area contributed by atoms with Crippen LogP contribution in [0.2, 0.25) is 0 Å². The smallest absolute Gasteiger partial charge is 0.410 e. The summed E-state index contributed by atoms with van der Waals surface area (Å²) in [6, 6.07) is 0. The predicted molar refractivity (Wildman–Crippen MR) is 127 cm³/mol. The molecule has 0 radical (unpaired) electrons. The van der Waals surface area contributed by atoms with Crippen molar-refractivity contribution in [1.29, 1.82) is 0 Å². The highest BCUT2D eigenvalue weighted by molar-refractivity contribution is 5.69. The summed E-state index contributed by atoms with van der Waals surface area (Å²) in [6.07, 6.45) is 5.46. The fourth-order valence-electron chi connectivity index (χ4n) is 4.66. The van der Waals surface area contributed by atoms with Crippen LogP contribution < -0.4 is 5.32 Å². The maximum atomic E-state index is 12.2. The number of nitrogens with one attached hydrogen (secondary N) is 1. The Bertz CT molecular complexity index is 552. The molecule has 2 heterocycles. The summed E-state index contributed by atoms with van der Waals surface area (Å²) in [6.45, 7) is 19.9. The molecule has 1 amide bonds. The number of ether oxygens (including phenoxy) is 1. The van der Waals surface area contributed by atoms with E-state index in [-0.39, 0.29) is 23.8 Å². The molecular formula is C25H50N2O4. The standard InChI is InChI=1S/C15H29NO3.C10H21NO/c1-11(17)7-8-12-9-15(5,6)16(10-12)13(18)19-14(2,3)4;1-8(12)4-5-9-6-10(2,3)11-7-9/h11-12,17H,7-10H2,1-6H3;8-9,11-12H,4-7H2,1-3H3. The molecule has 0 spiro atoms. The number of likely N-dealkylation sites (tertiary alicyclic amines) is 1. The second-order valence-electron chi connectivity index (χ2n) is 12.2. The van der Waals surface area contributed by atoms with Gasteiger partial charge in [0.1, 0.15) is 5.60 Å². The van der Waals surface area contributed by atoms with Crippen molar-refractivity contribution in [3.8, 4) is 0 Å². The number of carbonyl (C=O) groups excluding carboxylic acids is 1. The van der Waals surface area contributed by atoms with Crippen LogP contribution in [-0.2, 0) is 4.74 Å². The Morgan fingerprint density at radius 1 is 1.03 bits per heavy atom. The average Bonchev–Trinajstić information content (AvgIpc) is 3.08. The van der Waals surface area contributed by atoms with E-state index < -0.39 is 5.60 Å². The van der Waals surface area contributed by atoms with E-state index in [4.69, 9.17) is 9.84 Å². The second-order valence-corrected chi connectivity index (χ2v) is 12.2. The SMILES string of the molecule is CC(O)CCC1CN(C(=O)OC(C)(C)C)C(C)(C)C1.CC(O)CCC1CNC(C)(C)C1. The van der Waals surface area contributed by atoms with Crippen LogP contribution in [0.5, 0.6) is 0 Å². The normalized spacial score (nSPS) is 26.7. The Labute approximate surface area is 191 Å². The minimum absolute atomic E-state index is 0.131. The molecule has 3 N–H and O–H groups in total. The molecule has 0 saturated carbocycles. The van der Waals surface area contributed by atoms with Crippen LogP contribution in [0.1, 0.15) is 101 Å². The summed E-state index contributed by atoms with van der Waals surface area (Å²) in [5.41, 5.74) is -0.292. The molecule has 0 bridgehead atoms. The van der Waals surface area contributed by atoms with E-state index in [0.29, 0.717) is 11.5 Å². The third-order valence-electron chi connectivity index (χ3n) is 6.23.